The first-order valence-electron chi connectivity index (χ1n) is 5.44. The molecule has 0 radical (unpaired) electrons. The molecule has 0 heterocycles. The SMILES string of the molecule is Cc1c(OCCCS(C)(=O)=O)cccc1C(=O)O. The Balaban J connectivity index is 2.63. The largest absolute Gasteiger partial charge is 0.493 e. The number of sulfone groups is 1. The summed E-state index contributed by atoms with van der Waals surface area (Å²) in [6.45, 7) is 1.91. The van der Waals surface area contributed by atoms with Gasteiger partial charge in [-0.15, -0.1) is 0 Å². The number of ether oxygens (including phenoxy) is 1. The third-order valence-electron chi connectivity index (χ3n) is 2.43. The van der Waals surface area contributed by atoms with E-state index in [4.69, 9.17) is 9.84 Å². The predicted octanol–water partition coefficient (Wildman–Crippen LogP) is 1.51. The first kappa shape index (κ1) is 14.5. The van der Waals surface area contributed by atoms with Crippen molar-refractivity contribution >= 4 is 15.8 Å². The summed E-state index contributed by atoms with van der Waals surface area (Å²) in [5.41, 5.74) is 0.736. The van der Waals surface area contributed by atoms with Gasteiger partial charge in [-0.05, 0) is 25.5 Å². The van der Waals surface area contributed by atoms with Crippen molar-refractivity contribution in [2.45, 2.75) is 13.3 Å². The zero-order valence-corrected chi connectivity index (χ0v) is 11.2. The smallest absolute Gasteiger partial charge is 0.336 e. The van der Waals surface area contributed by atoms with Crippen LogP contribution in [0.5, 0.6) is 5.75 Å². The minimum Gasteiger partial charge on any atom is -0.493 e. The molecule has 0 saturated heterocycles. The van der Waals surface area contributed by atoms with E-state index >= 15 is 0 Å². The fourth-order valence-corrected chi connectivity index (χ4v) is 2.15. The first-order chi connectivity index (χ1) is 8.31. The highest BCUT2D eigenvalue weighted by molar-refractivity contribution is 7.90. The molecule has 1 aromatic carbocycles. The lowest BCUT2D eigenvalue weighted by Crippen LogP contribution is -2.09. The Morgan fingerprint density at radius 1 is 1.39 bits per heavy atom. The molecule has 0 aliphatic rings. The Labute approximate surface area is 106 Å². The number of carboxylic acid groups (broad SMARTS) is 1. The Bertz CT molecular complexity index is 533. The lowest BCUT2D eigenvalue weighted by Gasteiger charge is -2.10. The van der Waals surface area contributed by atoms with Crippen molar-refractivity contribution in [1.82, 2.24) is 0 Å². The highest BCUT2D eigenvalue weighted by Crippen LogP contribution is 2.21. The molecule has 0 unspecified atom stereocenters. The summed E-state index contributed by atoms with van der Waals surface area (Å²) in [6.07, 6.45) is 1.55. The maximum atomic E-state index is 10.9. The number of rotatable bonds is 6. The summed E-state index contributed by atoms with van der Waals surface area (Å²) in [5.74, 6) is -0.470. The van der Waals surface area contributed by atoms with Gasteiger partial charge in [0, 0.05) is 11.8 Å². The number of benzene rings is 1. The summed E-state index contributed by atoms with van der Waals surface area (Å²) < 4.78 is 27.2. The maximum Gasteiger partial charge on any atom is 0.336 e. The third kappa shape index (κ3) is 4.37. The number of aromatic carboxylic acids is 1. The van der Waals surface area contributed by atoms with Crippen LogP contribution in [0.15, 0.2) is 18.2 Å². The Morgan fingerprint density at radius 3 is 2.61 bits per heavy atom. The molecule has 1 N–H and O–H groups in total. The van der Waals surface area contributed by atoms with Crippen LogP contribution in [-0.4, -0.2) is 38.1 Å². The number of carbonyl (C=O) groups is 1. The van der Waals surface area contributed by atoms with E-state index in [-0.39, 0.29) is 17.9 Å². The van der Waals surface area contributed by atoms with E-state index < -0.39 is 15.8 Å². The van der Waals surface area contributed by atoms with Gasteiger partial charge in [-0.1, -0.05) is 6.07 Å². The molecular weight excluding hydrogens is 256 g/mol. The topological polar surface area (TPSA) is 80.7 Å². The molecule has 0 atom stereocenters. The molecule has 18 heavy (non-hydrogen) atoms. The molecule has 0 fully saturated rings. The van der Waals surface area contributed by atoms with Gasteiger partial charge in [-0.3, -0.25) is 0 Å². The average Bonchev–Trinajstić information content (AvgIpc) is 2.24. The average molecular weight is 272 g/mol. The van der Waals surface area contributed by atoms with Gasteiger partial charge in [0.25, 0.3) is 0 Å². The molecule has 1 aromatic rings. The zero-order chi connectivity index (χ0) is 13.8. The van der Waals surface area contributed by atoms with Crippen LogP contribution in [0.3, 0.4) is 0 Å². The van der Waals surface area contributed by atoms with Crippen LogP contribution in [0.1, 0.15) is 22.3 Å². The zero-order valence-electron chi connectivity index (χ0n) is 10.3. The van der Waals surface area contributed by atoms with Crippen LogP contribution in [-0.2, 0) is 9.84 Å². The third-order valence-corrected chi connectivity index (χ3v) is 3.46. The van der Waals surface area contributed by atoms with E-state index in [0.717, 1.165) is 0 Å². The van der Waals surface area contributed by atoms with Gasteiger partial charge in [-0.25, -0.2) is 13.2 Å². The normalized spacial score (nSPS) is 11.2. The van der Waals surface area contributed by atoms with Crippen molar-refractivity contribution in [3.8, 4) is 5.75 Å². The van der Waals surface area contributed by atoms with Gasteiger partial charge in [0.15, 0.2) is 0 Å². The van der Waals surface area contributed by atoms with Crippen molar-refractivity contribution in [3.05, 3.63) is 29.3 Å². The Morgan fingerprint density at radius 2 is 2.06 bits per heavy atom. The van der Waals surface area contributed by atoms with Crippen LogP contribution < -0.4 is 4.74 Å². The van der Waals surface area contributed by atoms with E-state index in [1.807, 2.05) is 0 Å². The monoisotopic (exact) mass is 272 g/mol. The minimum absolute atomic E-state index is 0.0602. The molecule has 0 aliphatic heterocycles. The van der Waals surface area contributed by atoms with Crippen LogP contribution >= 0.6 is 0 Å². The maximum absolute atomic E-state index is 10.9. The van der Waals surface area contributed by atoms with E-state index in [1.165, 1.54) is 12.3 Å². The van der Waals surface area contributed by atoms with Gasteiger partial charge in [-0.2, -0.15) is 0 Å². The number of carboxylic acids is 1. The Kier molecular flexibility index (Phi) is 4.72. The van der Waals surface area contributed by atoms with Crippen LogP contribution in [0.25, 0.3) is 0 Å². The van der Waals surface area contributed by atoms with Crippen LogP contribution in [0.4, 0.5) is 0 Å². The summed E-state index contributed by atoms with van der Waals surface area (Å²) in [6, 6.07) is 4.77. The number of hydrogen-bond donors (Lipinski definition) is 1. The van der Waals surface area contributed by atoms with E-state index in [1.54, 1.807) is 19.1 Å². The van der Waals surface area contributed by atoms with Crippen LogP contribution in [0.2, 0.25) is 0 Å². The van der Waals surface area contributed by atoms with Gasteiger partial charge in [0.1, 0.15) is 15.6 Å². The molecule has 0 amide bonds. The van der Waals surface area contributed by atoms with Crippen molar-refractivity contribution in [3.63, 3.8) is 0 Å². The molecule has 6 heteroatoms. The molecule has 0 aromatic heterocycles. The molecule has 1 rings (SSSR count). The summed E-state index contributed by atoms with van der Waals surface area (Å²) in [4.78, 5) is 10.9. The van der Waals surface area contributed by atoms with Crippen molar-refractivity contribution in [2.75, 3.05) is 18.6 Å². The van der Waals surface area contributed by atoms with Gasteiger partial charge < -0.3 is 9.84 Å². The molecule has 0 spiro atoms. The summed E-state index contributed by atoms with van der Waals surface area (Å²) >= 11 is 0. The van der Waals surface area contributed by atoms with E-state index in [0.29, 0.717) is 17.7 Å². The predicted molar refractivity (Wildman–Crippen MR) is 68.0 cm³/mol. The highest BCUT2D eigenvalue weighted by Gasteiger charge is 2.11. The van der Waals surface area contributed by atoms with Crippen molar-refractivity contribution in [2.24, 2.45) is 0 Å². The highest BCUT2D eigenvalue weighted by atomic mass is 32.2. The van der Waals surface area contributed by atoms with Crippen molar-refractivity contribution in [1.29, 1.82) is 0 Å². The second-order valence-electron chi connectivity index (χ2n) is 4.07. The first-order valence-corrected chi connectivity index (χ1v) is 7.51. The molecule has 0 saturated carbocycles. The van der Waals surface area contributed by atoms with Gasteiger partial charge in [0.05, 0.1) is 17.9 Å². The van der Waals surface area contributed by atoms with Gasteiger partial charge >= 0.3 is 5.97 Å². The van der Waals surface area contributed by atoms with Gasteiger partial charge in [0.2, 0.25) is 0 Å². The molecule has 5 nitrogen and oxygen atoms in total. The van der Waals surface area contributed by atoms with Crippen molar-refractivity contribution < 1.29 is 23.1 Å². The standard InChI is InChI=1S/C12H16O5S/c1-9-10(12(13)14)5-3-6-11(9)17-7-4-8-18(2,15)16/h3,5-6H,4,7-8H2,1-2H3,(H,13,14). The molecule has 0 aliphatic carbocycles. The number of hydrogen-bond acceptors (Lipinski definition) is 4. The lowest BCUT2D eigenvalue weighted by molar-refractivity contribution is 0.0695. The second kappa shape index (κ2) is 5.86. The molecule has 0 bridgehead atoms. The molecule has 100 valence electrons. The fourth-order valence-electron chi connectivity index (χ4n) is 1.51. The van der Waals surface area contributed by atoms with E-state index in [9.17, 15) is 13.2 Å². The minimum atomic E-state index is -2.98. The van der Waals surface area contributed by atoms with E-state index in [2.05, 4.69) is 0 Å². The molecular formula is C12H16O5S. The quantitative estimate of drug-likeness (QED) is 0.794. The summed E-state index contributed by atoms with van der Waals surface area (Å²) in [7, 11) is -2.98. The summed E-state index contributed by atoms with van der Waals surface area (Å²) in [5, 5.41) is 8.93. The lowest BCUT2D eigenvalue weighted by atomic mass is 10.1. The Hall–Kier alpha value is -1.56. The van der Waals surface area contributed by atoms with Crippen LogP contribution in [0, 0.1) is 6.92 Å². The second-order valence-corrected chi connectivity index (χ2v) is 6.33. The fraction of sp³-hybridized carbons (Fsp3) is 0.417.